The molecule has 1 spiro atoms. The molecule has 1 aromatic rings. The summed E-state index contributed by atoms with van der Waals surface area (Å²) in [6.07, 6.45) is 5.47. The minimum Gasteiger partial charge on any atom is -0.316 e. The summed E-state index contributed by atoms with van der Waals surface area (Å²) in [6.45, 7) is 3.14. The molecule has 1 aromatic carbocycles. The second-order valence-electron chi connectivity index (χ2n) is 6.67. The number of fused-ring (bicyclic) bond motifs is 2. The first kappa shape index (κ1) is 12.4. The number of anilines is 1. The van der Waals surface area contributed by atoms with Gasteiger partial charge in [-0.25, -0.2) is 0 Å². The Hall–Kier alpha value is -1.35. The molecule has 1 unspecified atom stereocenters. The van der Waals surface area contributed by atoms with Crippen LogP contribution in [-0.2, 0) is 10.2 Å². The third kappa shape index (κ3) is 1.96. The zero-order valence-electron chi connectivity index (χ0n) is 11.9. The quantitative estimate of drug-likeness (QED) is 0.915. The van der Waals surface area contributed by atoms with Crippen LogP contribution in [0.1, 0.15) is 37.7 Å². The molecule has 3 nitrogen and oxygen atoms in total. The molecule has 2 aliphatic heterocycles. The lowest BCUT2D eigenvalue weighted by Crippen LogP contribution is -2.31. The van der Waals surface area contributed by atoms with Crippen molar-refractivity contribution in [3.63, 3.8) is 0 Å². The molecule has 3 aliphatic rings. The van der Waals surface area contributed by atoms with Crippen LogP contribution in [0.15, 0.2) is 24.3 Å². The molecular weight excluding hydrogens is 248 g/mol. The number of nitrogens with zero attached hydrogens (tertiary/aromatic N) is 1. The van der Waals surface area contributed by atoms with E-state index in [1.807, 2.05) is 0 Å². The van der Waals surface area contributed by atoms with Crippen molar-refractivity contribution < 1.29 is 4.79 Å². The fourth-order valence-electron chi connectivity index (χ4n) is 3.85. The minimum absolute atomic E-state index is 0.321. The van der Waals surface area contributed by atoms with Crippen molar-refractivity contribution >= 4 is 11.6 Å². The summed E-state index contributed by atoms with van der Waals surface area (Å²) in [5.74, 6) is 1.03. The van der Waals surface area contributed by atoms with E-state index >= 15 is 0 Å². The molecule has 1 saturated carbocycles. The third-order valence-corrected chi connectivity index (χ3v) is 5.31. The lowest BCUT2D eigenvalue weighted by atomic mass is 9.99. The first-order valence-corrected chi connectivity index (χ1v) is 7.89. The fourth-order valence-corrected chi connectivity index (χ4v) is 3.85. The maximum atomic E-state index is 12.6. The Morgan fingerprint density at radius 1 is 1.35 bits per heavy atom. The minimum atomic E-state index is 0.321. The third-order valence-electron chi connectivity index (χ3n) is 5.31. The van der Waals surface area contributed by atoms with E-state index in [9.17, 15) is 4.79 Å². The van der Waals surface area contributed by atoms with Gasteiger partial charge in [0.25, 0.3) is 0 Å². The molecule has 106 valence electrons. The Morgan fingerprint density at radius 2 is 2.20 bits per heavy atom. The van der Waals surface area contributed by atoms with Gasteiger partial charge in [-0.3, -0.25) is 4.79 Å². The Kier molecular flexibility index (Phi) is 2.84. The topological polar surface area (TPSA) is 32.3 Å². The Balaban J connectivity index is 1.47. The number of carbonyl (C=O) groups excluding carboxylic acids is 1. The second kappa shape index (κ2) is 4.59. The number of hydrogen-bond donors (Lipinski definition) is 1. The average molecular weight is 270 g/mol. The second-order valence-corrected chi connectivity index (χ2v) is 6.67. The predicted molar refractivity (Wildman–Crippen MR) is 79.9 cm³/mol. The molecule has 1 atom stereocenters. The van der Waals surface area contributed by atoms with Gasteiger partial charge in [0.05, 0.1) is 0 Å². The molecule has 4 rings (SSSR count). The van der Waals surface area contributed by atoms with E-state index in [4.69, 9.17) is 0 Å². The molecule has 1 saturated heterocycles. The summed E-state index contributed by atoms with van der Waals surface area (Å²) in [6, 6.07) is 8.51. The highest BCUT2D eigenvalue weighted by Crippen LogP contribution is 2.56. The molecular formula is C17H22N2O. The largest absolute Gasteiger partial charge is 0.316 e. The van der Waals surface area contributed by atoms with Crippen LogP contribution in [0.3, 0.4) is 0 Å². The number of hydrogen-bond acceptors (Lipinski definition) is 2. The van der Waals surface area contributed by atoms with Crippen LogP contribution in [0.25, 0.3) is 0 Å². The van der Waals surface area contributed by atoms with Gasteiger partial charge in [0, 0.05) is 24.1 Å². The van der Waals surface area contributed by atoms with Crippen LogP contribution in [0.4, 0.5) is 5.69 Å². The van der Waals surface area contributed by atoms with E-state index in [-0.39, 0.29) is 0 Å². The first-order valence-electron chi connectivity index (χ1n) is 7.89. The van der Waals surface area contributed by atoms with Crippen LogP contribution >= 0.6 is 0 Å². The van der Waals surface area contributed by atoms with E-state index in [1.165, 1.54) is 30.5 Å². The van der Waals surface area contributed by atoms with Gasteiger partial charge in [0.2, 0.25) is 5.91 Å². The van der Waals surface area contributed by atoms with E-state index < -0.39 is 0 Å². The van der Waals surface area contributed by atoms with Gasteiger partial charge in [0.15, 0.2) is 0 Å². The normalized spacial score (nSPS) is 26.0. The predicted octanol–water partition coefficient (Wildman–Crippen LogP) is 2.45. The van der Waals surface area contributed by atoms with Gasteiger partial charge < -0.3 is 10.2 Å². The van der Waals surface area contributed by atoms with Gasteiger partial charge in [0.1, 0.15) is 0 Å². The smallest absolute Gasteiger partial charge is 0.227 e. The monoisotopic (exact) mass is 270 g/mol. The molecule has 0 aromatic heterocycles. The van der Waals surface area contributed by atoms with Gasteiger partial charge in [-0.1, -0.05) is 18.2 Å². The standard InChI is InChI=1S/C17H22N2O/c20-16(6-5-13-7-10-18-11-13)19-12-17(8-9-17)14-3-1-2-4-15(14)19/h1-4,13,18H,5-12H2. The Bertz CT molecular complexity index is 530. The number of para-hydroxylation sites is 1. The maximum Gasteiger partial charge on any atom is 0.227 e. The summed E-state index contributed by atoms with van der Waals surface area (Å²) in [7, 11) is 0. The molecule has 0 radical (unpaired) electrons. The maximum absolute atomic E-state index is 12.6. The molecule has 2 fully saturated rings. The van der Waals surface area contributed by atoms with Crippen molar-refractivity contribution in [2.24, 2.45) is 5.92 Å². The van der Waals surface area contributed by atoms with Crippen molar-refractivity contribution in [1.82, 2.24) is 5.32 Å². The highest BCUT2D eigenvalue weighted by molar-refractivity contribution is 5.96. The summed E-state index contributed by atoms with van der Waals surface area (Å²) < 4.78 is 0. The molecule has 0 bridgehead atoms. The van der Waals surface area contributed by atoms with E-state index in [0.717, 1.165) is 26.1 Å². The number of carbonyl (C=O) groups is 1. The number of benzene rings is 1. The number of nitrogens with one attached hydrogen (secondary N) is 1. The average Bonchev–Trinajstić information content (AvgIpc) is 2.94. The fraction of sp³-hybridized carbons (Fsp3) is 0.588. The van der Waals surface area contributed by atoms with Crippen LogP contribution in [0, 0.1) is 5.92 Å². The molecule has 2 heterocycles. The molecule has 3 heteroatoms. The zero-order valence-corrected chi connectivity index (χ0v) is 11.9. The molecule has 1 aliphatic carbocycles. The lowest BCUT2D eigenvalue weighted by molar-refractivity contribution is -0.118. The van der Waals surface area contributed by atoms with Crippen molar-refractivity contribution in [2.45, 2.75) is 37.5 Å². The molecule has 20 heavy (non-hydrogen) atoms. The van der Waals surface area contributed by atoms with Crippen LogP contribution < -0.4 is 10.2 Å². The van der Waals surface area contributed by atoms with Crippen molar-refractivity contribution in [2.75, 3.05) is 24.5 Å². The van der Waals surface area contributed by atoms with Gasteiger partial charge in [-0.15, -0.1) is 0 Å². The Labute approximate surface area is 120 Å². The van der Waals surface area contributed by atoms with Crippen LogP contribution in [0.5, 0.6) is 0 Å². The molecule has 1 amide bonds. The van der Waals surface area contributed by atoms with Gasteiger partial charge in [-0.2, -0.15) is 0 Å². The van der Waals surface area contributed by atoms with E-state index in [1.54, 1.807) is 0 Å². The lowest BCUT2D eigenvalue weighted by Gasteiger charge is -2.19. The molecule has 1 N–H and O–H groups in total. The van der Waals surface area contributed by atoms with Crippen LogP contribution in [0.2, 0.25) is 0 Å². The van der Waals surface area contributed by atoms with E-state index in [2.05, 4.69) is 34.5 Å². The van der Waals surface area contributed by atoms with Crippen molar-refractivity contribution in [1.29, 1.82) is 0 Å². The van der Waals surface area contributed by atoms with Crippen molar-refractivity contribution in [3.8, 4) is 0 Å². The van der Waals surface area contributed by atoms with E-state index in [0.29, 0.717) is 23.7 Å². The number of amides is 1. The Morgan fingerprint density at radius 3 is 2.95 bits per heavy atom. The number of rotatable bonds is 3. The summed E-state index contributed by atoms with van der Waals surface area (Å²) >= 11 is 0. The van der Waals surface area contributed by atoms with Gasteiger partial charge in [-0.05, 0) is 56.3 Å². The van der Waals surface area contributed by atoms with Crippen molar-refractivity contribution in [3.05, 3.63) is 29.8 Å². The highest BCUT2D eigenvalue weighted by Gasteiger charge is 2.52. The van der Waals surface area contributed by atoms with Gasteiger partial charge >= 0.3 is 0 Å². The highest BCUT2D eigenvalue weighted by atomic mass is 16.2. The summed E-state index contributed by atoms with van der Waals surface area (Å²) in [5.41, 5.74) is 2.91. The SMILES string of the molecule is O=C(CCC1CCNC1)N1CC2(CC2)c2ccccc21. The first-order chi connectivity index (χ1) is 9.78. The summed E-state index contributed by atoms with van der Waals surface area (Å²) in [5, 5.41) is 3.38. The summed E-state index contributed by atoms with van der Waals surface area (Å²) in [4.78, 5) is 14.6. The zero-order chi connectivity index (χ0) is 13.6. The van der Waals surface area contributed by atoms with Crippen LogP contribution in [-0.4, -0.2) is 25.5 Å².